The zero-order chi connectivity index (χ0) is 24.9. The monoisotopic (exact) mass is 501 g/mol. The molecule has 0 saturated carbocycles. The van der Waals surface area contributed by atoms with E-state index in [9.17, 15) is 9.59 Å². The van der Waals surface area contributed by atoms with Crippen molar-refractivity contribution in [2.24, 2.45) is 5.73 Å². The average Bonchev–Trinajstić information content (AvgIpc) is 3.41. The molecule has 2 heterocycles. The molecule has 1 aromatic heterocycles. The number of hydrogen-bond donors (Lipinski definition) is 1. The normalized spacial score (nSPS) is 15.2. The van der Waals surface area contributed by atoms with Crippen molar-refractivity contribution in [2.45, 2.75) is 25.5 Å². The van der Waals surface area contributed by atoms with Crippen LogP contribution in [0.15, 0.2) is 59.4 Å². The highest BCUT2D eigenvalue weighted by atomic mass is 32.2. The standard InChI is InChI=1S/C26H35N3O5S/c1-32-26(29-13-5-2-6-14-29)22-9-3-4-10-23(22)34-16-8-7-12-28(15-18-35-20-24(27)30)25(31)21-11-17-33-19-21/h3-4,7-11,17,19,26H,2,5-6,12-16,18,20H2,1H3,(H2,27,30)/b8-7-. The molecule has 1 aromatic carbocycles. The van der Waals surface area contributed by atoms with Crippen LogP contribution in [-0.2, 0) is 9.53 Å². The fraction of sp³-hybridized carbons (Fsp3) is 0.462. The van der Waals surface area contributed by atoms with E-state index in [1.807, 2.05) is 30.4 Å². The zero-order valence-corrected chi connectivity index (χ0v) is 21.1. The number of piperidine rings is 1. The third-order valence-corrected chi connectivity index (χ3v) is 6.72. The molecule has 2 aromatic rings. The Labute approximate surface area is 211 Å². The van der Waals surface area contributed by atoms with E-state index in [0.717, 1.165) is 24.4 Å². The van der Waals surface area contributed by atoms with E-state index in [4.69, 9.17) is 19.6 Å². The Morgan fingerprint density at radius 2 is 2.00 bits per heavy atom. The van der Waals surface area contributed by atoms with Gasteiger partial charge in [-0.05, 0) is 31.1 Å². The van der Waals surface area contributed by atoms with Crippen LogP contribution in [0.2, 0.25) is 0 Å². The molecule has 3 rings (SSSR count). The number of ether oxygens (including phenoxy) is 2. The Hall–Kier alpha value is -2.75. The molecule has 190 valence electrons. The van der Waals surface area contributed by atoms with Gasteiger partial charge in [0.15, 0.2) is 0 Å². The number of para-hydroxylation sites is 1. The molecule has 0 radical (unpaired) electrons. The molecule has 1 aliphatic rings. The second kappa shape index (κ2) is 14.6. The highest BCUT2D eigenvalue weighted by Gasteiger charge is 2.24. The molecule has 1 fully saturated rings. The van der Waals surface area contributed by atoms with Crippen LogP contribution in [0, 0.1) is 0 Å². The van der Waals surface area contributed by atoms with Gasteiger partial charge >= 0.3 is 0 Å². The van der Waals surface area contributed by atoms with Gasteiger partial charge in [-0.15, -0.1) is 0 Å². The lowest BCUT2D eigenvalue weighted by Gasteiger charge is -2.34. The lowest BCUT2D eigenvalue weighted by Crippen LogP contribution is -2.34. The molecule has 9 heteroatoms. The molecule has 2 amide bonds. The van der Waals surface area contributed by atoms with E-state index in [2.05, 4.69) is 11.0 Å². The van der Waals surface area contributed by atoms with Crippen LogP contribution in [-0.4, -0.2) is 73.0 Å². The Bertz CT molecular complexity index is 944. The van der Waals surface area contributed by atoms with Crippen molar-refractivity contribution in [1.29, 1.82) is 0 Å². The summed E-state index contributed by atoms with van der Waals surface area (Å²) in [6.45, 7) is 3.32. The van der Waals surface area contributed by atoms with Crippen molar-refractivity contribution in [3.8, 4) is 5.75 Å². The second-order valence-electron chi connectivity index (χ2n) is 8.29. The van der Waals surface area contributed by atoms with Gasteiger partial charge in [-0.25, -0.2) is 0 Å². The number of thioether (sulfide) groups is 1. The van der Waals surface area contributed by atoms with Crippen LogP contribution in [0.4, 0.5) is 0 Å². The summed E-state index contributed by atoms with van der Waals surface area (Å²) in [4.78, 5) is 27.8. The molecule has 2 N–H and O–H groups in total. The Morgan fingerprint density at radius 1 is 1.20 bits per heavy atom. The quantitative estimate of drug-likeness (QED) is 0.311. The highest BCUT2D eigenvalue weighted by Crippen LogP contribution is 2.31. The fourth-order valence-electron chi connectivity index (χ4n) is 4.04. The summed E-state index contributed by atoms with van der Waals surface area (Å²) in [5, 5.41) is 0. The van der Waals surface area contributed by atoms with Crippen molar-refractivity contribution in [1.82, 2.24) is 9.80 Å². The molecule has 0 spiro atoms. The topological polar surface area (TPSA) is 98.2 Å². The lowest BCUT2D eigenvalue weighted by atomic mass is 10.1. The molecule has 1 unspecified atom stereocenters. The maximum Gasteiger partial charge on any atom is 0.257 e. The summed E-state index contributed by atoms with van der Waals surface area (Å²) in [6, 6.07) is 9.62. The van der Waals surface area contributed by atoms with Gasteiger partial charge in [-0.2, -0.15) is 11.8 Å². The number of primary amides is 1. The molecular weight excluding hydrogens is 466 g/mol. The van der Waals surface area contributed by atoms with Gasteiger partial charge < -0.3 is 24.5 Å². The first-order valence-corrected chi connectivity index (χ1v) is 13.1. The smallest absolute Gasteiger partial charge is 0.257 e. The van der Waals surface area contributed by atoms with Gasteiger partial charge in [0.2, 0.25) is 5.91 Å². The van der Waals surface area contributed by atoms with Gasteiger partial charge in [-0.3, -0.25) is 14.5 Å². The largest absolute Gasteiger partial charge is 0.489 e. The van der Waals surface area contributed by atoms with E-state index in [-0.39, 0.29) is 23.8 Å². The summed E-state index contributed by atoms with van der Waals surface area (Å²) in [6.07, 6.45) is 10.2. The number of amides is 2. The number of hydrogen-bond acceptors (Lipinski definition) is 7. The van der Waals surface area contributed by atoms with Gasteiger partial charge in [0, 0.05) is 44.6 Å². The number of rotatable bonds is 14. The van der Waals surface area contributed by atoms with Crippen LogP contribution < -0.4 is 10.5 Å². The van der Waals surface area contributed by atoms with Gasteiger partial charge in [-0.1, -0.05) is 30.7 Å². The highest BCUT2D eigenvalue weighted by molar-refractivity contribution is 7.99. The molecule has 1 saturated heterocycles. The van der Waals surface area contributed by atoms with Gasteiger partial charge in [0.25, 0.3) is 5.91 Å². The second-order valence-corrected chi connectivity index (χ2v) is 9.39. The number of carbonyl (C=O) groups is 2. The molecule has 0 aliphatic carbocycles. The van der Waals surface area contributed by atoms with E-state index in [0.29, 0.717) is 31.0 Å². The van der Waals surface area contributed by atoms with Crippen molar-refractivity contribution >= 4 is 23.6 Å². The summed E-state index contributed by atoms with van der Waals surface area (Å²) >= 11 is 1.41. The summed E-state index contributed by atoms with van der Waals surface area (Å²) < 4.78 is 17.0. The molecule has 1 aliphatic heterocycles. The number of nitrogens with two attached hydrogens (primary N) is 1. The van der Waals surface area contributed by atoms with E-state index in [1.54, 1.807) is 18.1 Å². The van der Waals surface area contributed by atoms with Gasteiger partial charge in [0.1, 0.15) is 24.8 Å². The number of carbonyl (C=O) groups excluding carboxylic acids is 2. The Morgan fingerprint density at radius 3 is 2.71 bits per heavy atom. The van der Waals surface area contributed by atoms with Crippen LogP contribution in [0.25, 0.3) is 0 Å². The van der Waals surface area contributed by atoms with Crippen molar-refractivity contribution < 1.29 is 23.5 Å². The molecule has 35 heavy (non-hydrogen) atoms. The maximum atomic E-state index is 12.8. The number of furan rings is 1. The van der Waals surface area contributed by atoms with Crippen LogP contribution >= 0.6 is 11.8 Å². The predicted molar refractivity (Wildman–Crippen MR) is 137 cm³/mol. The third kappa shape index (κ3) is 8.45. The Balaban J connectivity index is 1.56. The first-order valence-electron chi connectivity index (χ1n) is 11.9. The zero-order valence-electron chi connectivity index (χ0n) is 20.3. The summed E-state index contributed by atoms with van der Waals surface area (Å²) in [7, 11) is 1.74. The number of nitrogens with zero attached hydrogens (tertiary/aromatic N) is 2. The van der Waals surface area contributed by atoms with E-state index >= 15 is 0 Å². The number of likely N-dealkylation sites (tertiary alicyclic amines) is 1. The van der Waals surface area contributed by atoms with Crippen LogP contribution in [0.5, 0.6) is 5.75 Å². The summed E-state index contributed by atoms with van der Waals surface area (Å²) in [5.41, 5.74) is 6.71. The van der Waals surface area contributed by atoms with E-state index in [1.165, 1.54) is 43.6 Å². The minimum atomic E-state index is -0.365. The van der Waals surface area contributed by atoms with Gasteiger partial charge in [0.05, 0.1) is 17.6 Å². The molecule has 1 atom stereocenters. The number of benzene rings is 1. The van der Waals surface area contributed by atoms with E-state index < -0.39 is 0 Å². The number of methoxy groups -OCH3 is 1. The van der Waals surface area contributed by atoms with Crippen molar-refractivity contribution in [3.05, 3.63) is 66.1 Å². The van der Waals surface area contributed by atoms with Crippen LogP contribution in [0.3, 0.4) is 0 Å². The minimum Gasteiger partial charge on any atom is -0.489 e. The maximum absolute atomic E-state index is 12.8. The average molecular weight is 502 g/mol. The lowest BCUT2D eigenvalue weighted by molar-refractivity contribution is -0.115. The van der Waals surface area contributed by atoms with Crippen LogP contribution in [0.1, 0.15) is 41.4 Å². The SMILES string of the molecule is COC(c1ccccc1OC/C=C\CN(CCSCC(N)=O)C(=O)c1ccoc1)N1CCCCC1. The minimum absolute atomic E-state index is 0.126. The van der Waals surface area contributed by atoms with Crippen molar-refractivity contribution in [3.63, 3.8) is 0 Å². The fourth-order valence-corrected chi connectivity index (χ4v) is 4.74. The summed E-state index contributed by atoms with van der Waals surface area (Å²) in [5.74, 6) is 1.15. The predicted octanol–water partition coefficient (Wildman–Crippen LogP) is 3.71. The third-order valence-electron chi connectivity index (χ3n) is 5.76. The Kier molecular flexibility index (Phi) is 11.2. The first-order chi connectivity index (χ1) is 17.1. The molecule has 8 nitrogen and oxygen atoms in total. The molecule has 0 bridgehead atoms. The van der Waals surface area contributed by atoms with Crippen molar-refractivity contribution in [2.75, 3.05) is 51.4 Å². The first kappa shape index (κ1) is 26.8. The molecular formula is C26H35N3O5S.